The van der Waals surface area contributed by atoms with Crippen LogP contribution < -0.4 is 0 Å². The third-order valence-electron chi connectivity index (χ3n) is 3.43. The van der Waals surface area contributed by atoms with Gasteiger partial charge < -0.3 is 10.2 Å². The zero-order chi connectivity index (χ0) is 16.6. The topological polar surface area (TPSA) is 58.9 Å². The maximum absolute atomic E-state index is 10.3. The van der Waals surface area contributed by atoms with E-state index in [0.29, 0.717) is 0 Å². The molecule has 2 atom stereocenters. The van der Waals surface area contributed by atoms with Gasteiger partial charge in [0.1, 0.15) is 11.2 Å². The zero-order valence-electron chi connectivity index (χ0n) is 14.9. The van der Waals surface area contributed by atoms with E-state index in [1.54, 1.807) is 27.7 Å². The molecule has 0 amide bonds. The molecule has 0 spiro atoms. The second kappa shape index (κ2) is 5.91. The smallest absolute Gasteiger partial charge is 0.124 e. The van der Waals surface area contributed by atoms with Crippen LogP contribution in [0.15, 0.2) is 0 Å². The van der Waals surface area contributed by atoms with Gasteiger partial charge in [-0.25, -0.2) is 9.78 Å². The number of aliphatic hydroxyl groups excluding tert-OH is 2. The normalized spacial score (nSPS) is 18.0. The quantitative estimate of drug-likeness (QED) is 0.602. The second-order valence-corrected chi connectivity index (χ2v) is 8.91. The molecule has 4 nitrogen and oxygen atoms in total. The van der Waals surface area contributed by atoms with Crippen molar-refractivity contribution in [2.75, 3.05) is 0 Å². The van der Waals surface area contributed by atoms with E-state index in [2.05, 4.69) is 0 Å². The third kappa shape index (κ3) is 5.32. The van der Waals surface area contributed by atoms with Crippen molar-refractivity contribution in [2.45, 2.75) is 92.6 Å². The number of aliphatic hydroxyl groups is 2. The summed E-state index contributed by atoms with van der Waals surface area (Å²) in [5, 5.41) is 20.7. The molecule has 0 saturated heterocycles. The van der Waals surface area contributed by atoms with E-state index in [1.807, 2.05) is 41.5 Å². The van der Waals surface area contributed by atoms with Crippen molar-refractivity contribution in [2.24, 2.45) is 10.8 Å². The Kier molecular flexibility index (Phi) is 5.87. The summed E-state index contributed by atoms with van der Waals surface area (Å²) in [6.45, 7) is 18.8. The van der Waals surface area contributed by atoms with Gasteiger partial charge in [-0.3, -0.25) is 0 Å². The Morgan fingerprint density at radius 1 is 0.550 bits per heavy atom. The highest BCUT2D eigenvalue weighted by molar-refractivity contribution is 4.89. The van der Waals surface area contributed by atoms with Crippen LogP contribution >= 0.6 is 0 Å². The number of hydrogen-bond acceptors (Lipinski definition) is 4. The molecule has 2 unspecified atom stereocenters. The summed E-state index contributed by atoms with van der Waals surface area (Å²) in [4.78, 5) is 11.0. The van der Waals surface area contributed by atoms with Crippen molar-refractivity contribution in [3.8, 4) is 0 Å². The van der Waals surface area contributed by atoms with Crippen molar-refractivity contribution < 1.29 is 20.0 Å². The standard InChI is InChI=1S/C16H34O4/c1-13(2,3)11(17)15(7,8)19-20-16(9,10)12(18)14(4,5)6/h11-12,17-18H,1-10H3. The summed E-state index contributed by atoms with van der Waals surface area (Å²) in [6.07, 6.45) is -1.39. The van der Waals surface area contributed by atoms with Crippen molar-refractivity contribution in [3.05, 3.63) is 0 Å². The van der Waals surface area contributed by atoms with E-state index in [9.17, 15) is 10.2 Å². The SMILES string of the molecule is CC(C)(C)C(O)C(C)(C)OOC(C)(C)C(O)C(C)(C)C. The Labute approximate surface area is 124 Å². The number of hydrogen-bond donors (Lipinski definition) is 2. The summed E-state index contributed by atoms with van der Waals surface area (Å²) >= 11 is 0. The van der Waals surface area contributed by atoms with Gasteiger partial charge >= 0.3 is 0 Å². The van der Waals surface area contributed by atoms with E-state index in [0.717, 1.165) is 0 Å². The lowest BCUT2D eigenvalue weighted by Crippen LogP contribution is -2.52. The largest absolute Gasteiger partial charge is 0.389 e. The fourth-order valence-corrected chi connectivity index (χ4v) is 2.39. The molecule has 0 bridgehead atoms. The highest BCUT2D eigenvalue weighted by Crippen LogP contribution is 2.34. The lowest BCUT2D eigenvalue weighted by Gasteiger charge is -2.42. The Morgan fingerprint density at radius 2 is 0.750 bits per heavy atom. The minimum atomic E-state index is -0.868. The Morgan fingerprint density at radius 3 is 0.900 bits per heavy atom. The first-order valence-corrected chi connectivity index (χ1v) is 7.25. The predicted molar refractivity (Wildman–Crippen MR) is 81.3 cm³/mol. The van der Waals surface area contributed by atoms with Crippen LogP contribution in [0.2, 0.25) is 0 Å². The first-order valence-electron chi connectivity index (χ1n) is 7.25. The van der Waals surface area contributed by atoms with Crippen molar-refractivity contribution in [1.82, 2.24) is 0 Å². The monoisotopic (exact) mass is 290 g/mol. The van der Waals surface area contributed by atoms with Crippen LogP contribution in [0.3, 0.4) is 0 Å². The molecule has 0 saturated carbocycles. The van der Waals surface area contributed by atoms with Gasteiger partial charge in [-0.2, -0.15) is 0 Å². The molecule has 0 heterocycles. The van der Waals surface area contributed by atoms with Gasteiger partial charge in [-0.05, 0) is 38.5 Å². The molecule has 0 aromatic carbocycles. The predicted octanol–water partition coefficient (Wildman–Crippen LogP) is 3.31. The molecule has 0 fully saturated rings. The van der Waals surface area contributed by atoms with Crippen LogP contribution in [-0.4, -0.2) is 33.6 Å². The Balaban J connectivity index is 4.84. The molecular formula is C16H34O4. The van der Waals surface area contributed by atoms with Gasteiger partial charge in [0.2, 0.25) is 0 Å². The molecule has 122 valence electrons. The average Bonchev–Trinajstić information content (AvgIpc) is 2.22. The summed E-state index contributed by atoms with van der Waals surface area (Å²) in [6, 6.07) is 0. The van der Waals surface area contributed by atoms with Crippen molar-refractivity contribution >= 4 is 0 Å². The average molecular weight is 290 g/mol. The van der Waals surface area contributed by atoms with Crippen LogP contribution in [0.1, 0.15) is 69.2 Å². The first-order chi connectivity index (χ1) is 8.52. The maximum Gasteiger partial charge on any atom is 0.124 e. The van der Waals surface area contributed by atoms with Crippen LogP contribution in [-0.2, 0) is 9.78 Å². The molecule has 0 aliphatic heterocycles. The van der Waals surface area contributed by atoms with Crippen LogP contribution in [0, 0.1) is 10.8 Å². The van der Waals surface area contributed by atoms with Crippen LogP contribution in [0.4, 0.5) is 0 Å². The van der Waals surface area contributed by atoms with Gasteiger partial charge in [-0.1, -0.05) is 41.5 Å². The van der Waals surface area contributed by atoms with Crippen LogP contribution in [0.25, 0.3) is 0 Å². The number of rotatable bonds is 5. The molecule has 20 heavy (non-hydrogen) atoms. The van der Waals surface area contributed by atoms with Gasteiger partial charge in [0.15, 0.2) is 0 Å². The fourth-order valence-electron chi connectivity index (χ4n) is 2.39. The highest BCUT2D eigenvalue weighted by atomic mass is 17.2. The highest BCUT2D eigenvalue weighted by Gasteiger charge is 2.43. The summed E-state index contributed by atoms with van der Waals surface area (Å²) in [5.74, 6) is 0. The van der Waals surface area contributed by atoms with Gasteiger partial charge in [-0.15, -0.1) is 0 Å². The minimum Gasteiger partial charge on any atom is -0.389 e. The van der Waals surface area contributed by atoms with Crippen LogP contribution in [0.5, 0.6) is 0 Å². The lowest BCUT2D eigenvalue weighted by atomic mass is 9.80. The summed E-state index contributed by atoms with van der Waals surface area (Å²) in [5.41, 5.74) is -2.38. The molecule has 2 N–H and O–H groups in total. The molecule has 0 aliphatic rings. The molecule has 4 heteroatoms. The molecular weight excluding hydrogens is 256 g/mol. The third-order valence-corrected chi connectivity index (χ3v) is 3.43. The van der Waals surface area contributed by atoms with Crippen molar-refractivity contribution in [1.29, 1.82) is 0 Å². The van der Waals surface area contributed by atoms with E-state index in [-0.39, 0.29) is 10.8 Å². The molecule has 0 aromatic rings. The molecule has 0 rings (SSSR count). The van der Waals surface area contributed by atoms with E-state index in [1.165, 1.54) is 0 Å². The van der Waals surface area contributed by atoms with E-state index >= 15 is 0 Å². The molecule has 0 radical (unpaired) electrons. The van der Waals surface area contributed by atoms with Crippen molar-refractivity contribution in [3.63, 3.8) is 0 Å². The van der Waals surface area contributed by atoms with Gasteiger partial charge in [0.25, 0.3) is 0 Å². The summed E-state index contributed by atoms with van der Waals surface area (Å²) < 4.78 is 0. The summed E-state index contributed by atoms with van der Waals surface area (Å²) in [7, 11) is 0. The lowest BCUT2D eigenvalue weighted by molar-refractivity contribution is -0.431. The first kappa shape index (κ1) is 19.8. The van der Waals surface area contributed by atoms with E-state index < -0.39 is 23.4 Å². The fraction of sp³-hybridized carbons (Fsp3) is 1.00. The zero-order valence-corrected chi connectivity index (χ0v) is 14.9. The van der Waals surface area contributed by atoms with Gasteiger partial charge in [0.05, 0.1) is 12.2 Å². The Bertz CT molecular complexity index is 275. The second-order valence-electron chi connectivity index (χ2n) is 8.91. The molecule has 0 aliphatic carbocycles. The van der Waals surface area contributed by atoms with E-state index in [4.69, 9.17) is 9.78 Å². The minimum absolute atomic E-state index is 0.320. The maximum atomic E-state index is 10.3. The molecule has 0 aromatic heterocycles. The van der Waals surface area contributed by atoms with Gasteiger partial charge in [0, 0.05) is 0 Å². The Hall–Kier alpha value is -0.160.